The molecule has 0 radical (unpaired) electrons. The van der Waals surface area contributed by atoms with Crippen molar-refractivity contribution in [2.45, 2.75) is 37.8 Å². The Hall–Kier alpha value is -0.650. The minimum atomic E-state index is 0.108. The molecule has 1 amide bonds. The molecule has 5 nitrogen and oxygen atoms in total. The highest BCUT2D eigenvalue weighted by Gasteiger charge is 2.33. The van der Waals surface area contributed by atoms with Crippen molar-refractivity contribution in [3.8, 4) is 0 Å². The van der Waals surface area contributed by atoms with Gasteiger partial charge in [0.1, 0.15) is 0 Å². The standard InChI is InChI=1S/C13H25N3O2/c1-18-9-7-15-13(17)4-6-14-11-5-8-16(10-11)12-2-3-12/h11-12,14H,2-10H2,1H3,(H,15,17). The summed E-state index contributed by atoms with van der Waals surface area (Å²) < 4.78 is 4.88. The molecule has 0 aromatic heterocycles. The van der Waals surface area contributed by atoms with E-state index >= 15 is 0 Å². The summed E-state index contributed by atoms with van der Waals surface area (Å²) in [5, 5.41) is 6.31. The number of amides is 1. The van der Waals surface area contributed by atoms with Crippen molar-refractivity contribution >= 4 is 5.91 Å². The molecule has 18 heavy (non-hydrogen) atoms. The molecule has 0 aromatic carbocycles. The van der Waals surface area contributed by atoms with Crippen LogP contribution >= 0.6 is 0 Å². The van der Waals surface area contributed by atoms with Crippen LogP contribution in [0.25, 0.3) is 0 Å². The fourth-order valence-corrected chi connectivity index (χ4v) is 2.50. The molecule has 1 heterocycles. The van der Waals surface area contributed by atoms with E-state index in [4.69, 9.17) is 4.74 Å². The monoisotopic (exact) mass is 255 g/mol. The number of methoxy groups -OCH3 is 1. The molecule has 0 spiro atoms. The van der Waals surface area contributed by atoms with Gasteiger partial charge in [-0.1, -0.05) is 0 Å². The van der Waals surface area contributed by atoms with E-state index in [1.807, 2.05) is 0 Å². The van der Waals surface area contributed by atoms with Gasteiger partial charge in [-0.15, -0.1) is 0 Å². The second-order valence-corrected chi connectivity index (χ2v) is 5.26. The third kappa shape index (κ3) is 4.55. The second kappa shape index (κ2) is 7.07. The number of ether oxygens (including phenoxy) is 1. The molecule has 1 aliphatic carbocycles. The van der Waals surface area contributed by atoms with Crippen LogP contribution in [0.4, 0.5) is 0 Å². The zero-order valence-corrected chi connectivity index (χ0v) is 11.3. The fraction of sp³-hybridized carbons (Fsp3) is 0.923. The highest BCUT2D eigenvalue weighted by Crippen LogP contribution is 2.29. The molecule has 0 aromatic rings. The van der Waals surface area contributed by atoms with Gasteiger partial charge in [0.2, 0.25) is 5.91 Å². The smallest absolute Gasteiger partial charge is 0.221 e. The van der Waals surface area contributed by atoms with Crippen LogP contribution in [0.3, 0.4) is 0 Å². The maximum atomic E-state index is 11.5. The molecule has 104 valence electrons. The predicted molar refractivity (Wildman–Crippen MR) is 70.5 cm³/mol. The Labute approximate surface area is 109 Å². The molecule has 1 atom stereocenters. The first-order valence-electron chi connectivity index (χ1n) is 7.02. The number of hydrogen-bond donors (Lipinski definition) is 2. The SMILES string of the molecule is COCCNC(=O)CCNC1CCN(C2CC2)C1. The summed E-state index contributed by atoms with van der Waals surface area (Å²) in [4.78, 5) is 14.0. The number of nitrogens with one attached hydrogen (secondary N) is 2. The van der Waals surface area contributed by atoms with Crippen molar-refractivity contribution in [3.05, 3.63) is 0 Å². The van der Waals surface area contributed by atoms with Crippen LogP contribution in [0.2, 0.25) is 0 Å². The van der Waals surface area contributed by atoms with Gasteiger partial charge in [-0.05, 0) is 19.3 Å². The van der Waals surface area contributed by atoms with Gasteiger partial charge in [0.25, 0.3) is 0 Å². The van der Waals surface area contributed by atoms with Crippen LogP contribution in [0, 0.1) is 0 Å². The van der Waals surface area contributed by atoms with E-state index < -0.39 is 0 Å². The minimum Gasteiger partial charge on any atom is -0.383 e. The number of hydrogen-bond acceptors (Lipinski definition) is 4. The summed E-state index contributed by atoms with van der Waals surface area (Å²) in [6.45, 7) is 4.35. The van der Waals surface area contributed by atoms with Crippen molar-refractivity contribution in [3.63, 3.8) is 0 Å². The molecule has 1 saturated carbocycles. The quantitative estimate of drug-likeness (QED) is 0.598. The van der Waals surface area contributed by atoms with E-state index in [-0.39, 0.29) is 5.91 Å². The molecule has 1 aliphatic heterocycles. The van der Waals surface area contributed by atoms with Crippen molar-refractivity contribution < 1.29 is 9.53 Å². The first kappa shape index (κ1) is 13.8. The Kier molecular flexibility index (Phi) is 5.41. The average molecular weight is 255 g/mol. The molecule has 1 unspecified atom stereocenters. The van der Waals surface area contributed by atoms with Crippen molar-refractivity contribution in [2.24, 2.45) is 0 Å². The van der Waals surface area contributed by atoms with Crippen molar-refractivity contribution in [1.82, 2.24) is 15.5 Å². The van der Waals surface area contributed by atoms with Gasteiger partial charge in [-0.2, -0.15) is 0 Å². The second-order valence-electron chi connectivity index (χ2n) is 5.26. The predicted octanol–water partition coefficient (Wildman–Crippen LogP) is -0.0346. The van der Waals surface area contributed by atoms with E-state index in [0.29, 0.717) is 25.6 Å². The van der Waals surface area contributed by atoms with Gasteiger partial charge < -0.3 is 15.4 Å². The molecule has 2 rings (SSSR count). The minimum absolute atomic E-state index is 0.108. The molecule has 1 saturated heterocycles. The van der Waals surface area contributed by atoms with Crippen molar-refractivity contribution in [1.29, 1.82) is 0 Å². The van der Waals surface area contributed by atoms with Crippen LogP contribution < -0.4 is 10.6 Å². The lowest BCUT2D eigenvalue weighted by Crippen LogP contribution is -2.36. The third-order valence-electron chi connectivity index (χ3n) is 3.70. The fourth-order valence-electron chi connectivity index (χ4n) is 2.50. The number of rotatable bonds is 8. The Morgan fingerprint density at radius 1 is 1.33 bits per heavy atom. The summed E-state index contributed by atoms with van der Waals surface area (Å²) in [6, 6.07) is 1.45. The first-order valence-corrected chi connectivity index (χ1v) is 7.02. The summed E-state index contributed by atoms with van der Waals surface area (Å²) in [7, 11) is 1.64. The molecule has 5 heteroatoms. The lowest BCUT2D eigenvalue weighted by molar-refractivity contribution is -0.121. The highest BCUT2D eigenvalue weighted by molar-refractivity contribution is 5.76. The topological polar surface area (TPSA) is 53.6 Å². The first-order chi connectivity index (χ1) is 8.79. The lowest BCUT2D eigenvalue weighted by Gasteiger charge is -2.15. The summed E-state index contributed by atoms with van der Waals surface area (Å²) in [5.74, 6) is 0.108. The van der Waals surface area contributed by atoms with E-state index in [9.17, 15) is 4.79 Å². The summed E-state index contributed by atoms with van der Waals surface area (Å²) in [5.41, 5.74) is 0. The molecular weight excluding hydrogens is 230 g/mol. The Balaban J connectivity index is 1.49. The maximum Gasteiger partial charge on any atom is 0.221 e. The molecule has 2 aliphatic rings. The van der Waals surface area contributed by atoms with Crippen LogP contribution in [0.5, 0.6) is 0 Å². The lowest BCUT2D eigenvalue weighted by atomic mass is 10.2. The van der Waals surface area contributed by atoms with Crippen LogP contribution in [0.15, 0.2) is 0 Å². The Bertz CT molecular complexity index is 269. The molecule has 0 bridgehead atoms. The molecular formula is C13H25N3O2. The average Bonchev–Trinajstić information content (AvgIpc) is 3.10. The highest BCUT2D eigenvalue weighted by atomic mass is 16.5. The van der Waals surface area contributed by atoms with E-state index in [1.165, 1.54) is 25.8 Å². The number of carbonyl (C=O) groups excluding carboxylic acids is 1. The van der Waals surface area contributed by atoms with Crippen LogP contribution in [-0.4, -0.2) is 62.8 Å². The zero-order chi connectivity index (χ0) is 12.8. The van der Waals surface area contributed by atoms with Crippen molar-refractivity contribution in [2.75, 3.05) is 39.9 Å². The number of likely N-dealkylation sites (tertiary alicyclic amines) is 1. The van der Waals surface area contributed by atoms with Gasteiger partial charge in [0.15, 0.2) is 0 Å². The Morgan fingerprint density at radius 3 is 2.89 bits per heavy atom. The van der Waals surface area contributed by atoms with E-state index in [1.54, 1.807) is 7.11 Å². The summed E-state index contributed by atoms with van der Waals surface area (Å²) in [6.07, 6.45) is 4.55. The number of nitrogens with zero attached hydrogens (tertiary/aromatic N) is 1. The van der Waals surface area contributed by atoms with Gasteiger partial charge in [-0.25, -0.2) is 0 Å². The largest absolute Gasteiger partial charge is 0.383 e. The normalized spacial score (nSPS) is 24.4. The Morgan fingerprint density at radius 2 is 2.17 bits per heavy atom. The van der Waals surface area contributed by atoms with Crippen LogP contribution in [-0.2, 0) is 9.53 Å². The van der Waals surface area contributed by atoms with E-state index in [2.05, 4.69) is 15.5 Å². The van der Waals surface area contributed by atoms with Gasteiger partial charge in [0.05, 0.1) is 6.61 Å². The zero-order valence-electron chi connectivity index (χ0n) is 11.3. The number of carbonyl (C=O) groups is 1. The van der Waals surface area contributed by atoms with Gasteiger partial charge in [-0.3, -0.25) is 9.69 Å². The summed E-state index contributed by atoms with van der Waals surface area (Å²) >= 11 is 0. The molecule has 2 fully saturated rings. The maximum absolute atomic E-state index is 11.5. The van der Waals surface area contributed by atoms with Crippen LogP contribution in [0.1, 0.15) is 25.7 Å². The van der Waals surface area contributed by atoms with Gasteiger partial charge >= 0.3 is 0 Å². The van der Waals surface area contributed by atoms with Gasteiger partial charge in [0, 0.05) is 51.8 Å². The molecule has 2 N–H and O–H groups in total. The van der Waals surface area contributed by atoms with E-state index in [0.717, 1.165) is 19.1 Å². The third-order valence-corrected chi connectivity index (χ3v) is 3.70.